The lowest BCUT2D eigenvalue weighted by atomic mass is 10.0. The zero-order valence-corrected chi connectivity index (χ0v) is 18.1. The quantitative estimate of drug-likeness (QED) is 0.584. The molecule has 1 aromatic rings. The number of hydrogen-bond acceptors (Lipinski definition) is 5. The third-order valence-corrected chi connectivity index (χ3v) is 5.07. The molecule has 0 aromatic heterocycles. The number of nitrogens with zero attached hydrogens (tertiary/aromatic N) is 1. The van der Waals surface area contributed by atoms with Crippen molar-refractivity contribution in [2.24, 2.45) is 5.73 Å². The molecular formula is C22H33N3O5. The summed E-state index contributed by atoms with van der Waals surface area (Å²) in [7, 11) is 0. The van der Waals surface area contributed by atoms with Crippen LogP contribution < -0.4 is 11.1 Å². The molecule has 8 heteroatoms. The predicted octanol–water partition coefficient (Wildman–Crippen LogP) is 1.32. The number of likely N-dealkylation sites (tertiary alicyclic amines) is 1. The molecule has 4 atom stereocenters. The van der Waals surface area contributed by atoms with Crippen LogP contribution in [0.2, 0.25) is 0 Å². The third-order valence-electron chi connectivity index (χ3n) is 5.07. The van der Waals surface area contributed by atoms with E-state index in [0.717, 1.165) is 5.56 Å². The molecule has 0 radical (unpaired) electrons. The average molecular weight is 420 g/mol. The van der Waals surface area contributed by atoms with Gasteiger partial charge in [-0.05, 0) is 46.1 Å². The second kappa shape index (κ2) is 10.0. The van der Waals surface area contributed by atoms with Crippen LogP contribution in [0.1, 0.15) is 46.1 Å². The minimum atomic E-state index is -1.03. The van der Waals surface area contributed by atoms with Gasteiger partial charge in [0, 0.05) is 13.0 Å². The molecule has 0 bridgehead atoms. The molecule has 1 saturated heterocycles. The number of carboxylic acids is 1. The first-order valence-corrected chi connectivity index (χ1v) is 10.3. The fourth-order valence-corrected chi connectivity index (χ4v) is 3.65. The van der Waals surface area contributed by atoms with Gasteiger partial charge >= 0.3 is 5.97 Å². The predicted molar refractivity (Wildman–Crippen MR) is 113 cm³/mol. The smallest absolute Gasteiger partial charge is 0.326 e. The molecule has 2 rings (SSSR count). The SMILES string of the molecule is CC(OC(C)(C)C)[C@H](N)C(=O)N[C@@H](Cc1ccccc1)C(=O)N1CCC[C@H]1C(=O)O. The Balaban J connectivity index is 2.18. The second-order valence-electron chi connectivity index (χ2n) is 8.74. The number of hydrogen-bond donors (Lipinski definition) is 3. The van der Waals surface area contributed by atoms with E-state index in [9.17, 15) is 19.5 Å². The van der Waals surface area contributed by atoms with Crippen LogP contribution >= 0.6 is 0 Å². The van der Waals surface area contributed by atoms with Crippen LogP contribution in [0.25, 0.3) is 0 Å². The Labute approximate surface area is 177 Å². The molecule has 0 aliphatic carbocycles. The van der Waals surface area contributed by atoms with E-state index >= 15 is 0 Å². The minimum absolute atomic E-state index is 0.246. The monoisotopic (exact) mass is 419 g/mol. The van der Waals surface area contributed by atoms with Gasteiger partial charge < -0.3 is 25.8 Å². The first kappa shape index (κ1) is 23.8. The highest BCUT2D eigenvalue weighted by molar-refractivity contribution is 5.92. The van der Waals surface area contributed by atoms with Crippen molar-refractivity contribution in [1.82, 2.24) is 10.2 Å². The number of nitrogens with one attached hydrogen (secondary N) is 1. The zero-order valence-electron chi connectivity index (χ0n) is 18.1. The Bertz CT molecular complexity index is 747. The Hall–Kier alpha value is -2.45. The van der Waals surface area contributed by atoms with Crippen LogP contribution in [0.15, 0.2) is 30.3 Å². The van der Waals surface area contributed by atoms with Gasteiger partial charge in [0.2, 0.25) is 11.8 Å². The topological polar surface area (TPSA) is 122 Å². The summed E-state index contributed by atoms with van der Waals surface area (Å²) in [5.74, 6) is -1.95. The fourth-order valence-electron chi connectivity index (χ4n) is 3.65. The van der Waals surface area contributed by atoms with Crippen molar-refractivity contribution < 1.29 is 24.2 Å². The van der Waals surface area contributed by atoms with Gasteiger partial charge in [0.05, 0.1) is 11.7 Å². The summed E-state index contributed by atoms with van der Waals surface area (Å²) in [6.07, 6.45) is 0.708. The maximum Gasteiger partial charge on any atom is 0.326 e. The standard InChI is InChI=1S/C22H33N3O5/c1-14(30-22(2,3)4)18(23)19(26)24-16(13-15-9-6-5-7-10-15)20(27)25-12-8-11-17(25)21(28)29/h5-7,9-10,14,16-18H,8,11-13,23H2,1-4H3,(H,24,26)(H,28,29)/t14?,16-,17-,18-/m0/s1. The molecule has 1 aromatic carbocycles. The first-order chi connectivity index (χ1) is 14.0. The summed E-state index contributed by atoms with van der Waals surface area (Å²) >= 11 is 0. The van der Waals surface area contributed by atoms with Crippen molar-refractivity contribution in [1.29, 1.82) is 0 Å². The van der Waals surface area contributed by atoms with Crippen LogP contribution in [-0.2, 0) is 25.5 Å². The number of amides is 2. The van der Waals surface area contributed by atoms with Crippen LogP contribution in [-0.4, -0.2) is 64.2 Å². The number of carbonyl (C=O) groups is 3. The van der Waals surface area contributed by atoms with Gasteiger partial charge in [-0.2, -0.15) is 0 Å². The van der Waals surface area contributed by atoms with E-state index in [1.54, 1.807) is 6.92 Å². The molecule has 0 saturated carbocycles. The molecule has 1 unspecified atom stereocenters. The summed E-state index contributed by atoms with van der Waals surface area (Å²) < 4.78 is 5.77. The summed E-state index contributed by atoms with van der Waals surface area (Å²) in [5, 5.41) is 12.2. The number of benzene rings is 1. The second-order valence-corrected chi connectivity index (χ2v) is 8.74. The van der Waals surface area contributed by atoms with Gasteiger partial charge in [-0.3, -0.25) is 9.59 Å². The average Bonchev–Trinajstić information content (AvgIpc) is 3.15. The summed E-state index contributed by atoms with van der Waals surface area (Å²) in [6, 6.07) is 6.52. The summed E-state index contributed by atoms with van der Waals surface area (Å²) in [6.45, 7) is 7.68. The number of carbonyl (C=O) groups excluding carboxylic acids is 2. The van der Waals surface area contributed by atoms with Crippen molar-refractivity contribution in [3.05, 3.63) is 35.9 Å². The normalized spacial score (nSPS) is 19.8. The van der Waals surface area contributed by atoms with E-state index in [4.69, 9.17) is 10.5 Å². The van der Waals surface area contributed by atoms with E-state index in [1.807, 2.05) is 51.1 Å². The van der Waals surface area contributed by atoms with Gasteiger partial charge in [-0.25, -0.2) is 4.79 Å². The Morgan fingerprint density at radius 2 is 1.90 bits per heavy atom. The van der Waals surface area contributed by atoms with Crippen molar-refractivity contribution in [2.75, 3.05) is 6.54 Å². The molecule has 30 heavy (non-hydrogen) atoms. The highest BCUT2D eigenvalue weighted by atomic mass is 16.5. The van der Waals surface area contributed by atoms with Gasteiger partial charge in [-0.1, -0.05) is 30.3 Å². The van der Waals surface area contributed by atoms with Gasteiger partial charge in [-0.15, -0.1) is 0 Å². The number of rotatable bonds is 8. The highest BCUT2D eigenvalue weighted by Crippen LogP contribution is 2.20. The number of ether oxygens (including phenoxy) is 1. The van der Waals surface area contributed by atoms with E-state index in [-0.39, 0.29) is 6.42 Å². The molecule has 0 spiro atoms. The van der Waals surface area contributed by atoms with Gasteiger partial charge in [0.25, 0.3) is 0 Å². The van der Waals surface area contributed by atoms with E-state index < -0.39 is 47.6 Å². The molecule has 4 N–H and O–H groups in total. The van der Waals surface area contributed by atoms with Crippen LogP contribution in [0, 0.1) is 0 Å². The number of nitrogens with two attached hydrogens (primary N) is 1. The van der Waals surface area contributed by atoms with E-state index in [0.29, 0.717) is 19.4 Å². The first-order valence-electron chi connectivity index (χ1n) is 10.3. The lowest BCUT2D eigenvalue weighted by Gasteiger charge is -2.31. The summed E-state index contributed by atoms with van der Waals surface area (Å²) in [5.41, 5.74) is 6.47. The van der Waals surface area contributed by atoms with Crippen LogP contribution in [0.4, 0.5) is 0 Å². The number of carboxylic acid groups (broad SMARTS) is 1. The zero-order chi connectivity index (χ0) is 22.5. The Kier molecular flexibility index (Phi) is 7.97. The van der Waals surface area contributed by atoms with E-state index in [1.165, 1.54) is 4.90 Å². The summed E-state index contributed by atoms with van der Waals surface area (Å²) in [4.78, 5) is 38.9. The maximum absolute atomic E-state index is 13.2. The minimum Gasteiger partial charge on any atom is -0.480 e. The molecule has 1 aliphatic heterocycles. The highest BCUT2D eigenvalue weighted by Gasteiger charge is 2.38. The lowest BCUT2D eigenvalue weighted by Crippen LogP contribution is -2.57. The van der Waals surface area contributed by atoms with Crippen LogP contribution in [0.3, 0.4) is 0 Å². The molecule has 1 aliphatic rings. The van der Waals surface area contributed by atoms with Crippen molar-refractivity contribution >= 4 is 17.8 Å². The van der Waals surface area contributed by atoms with Gasteiger partial charge in [0.1, 0.15) is 18.1 Å². The largest absolute Gasteiger partial charge is 0.480 e. The maximum atomic E-state index is 13.2. The molecule has 2 amide bonds. The lowest BCUT2D eigenvalue weighted by molar-refractivity contribution is -0.149. The van der Waals surface area contributed by atoms with Gasteiger partial charge in [0.15, 0.2) is 0 Å². The molecule has 166 valence electrons. The Morgan fingerprint density at radius 3 is 2.47 bits per heavy atom. The van der Waals surface area contributed by atoms with Crippen molar-refractivity contribution in [2.45, 2.75) is 76.8 Å². The number of aliphatic carboxylic acids is 1. The van der Waals surface area contributed by atoms with Crippen LogP contribution in [0.5, 0.6) is 0 Å². The Morgan fingerprint density at radius 1 is 1.27 bits per heavy atom. The van der Waals surface area contributed by atoms with Crippen molar-refractivity contribution in [3.63, 3.8) is 0 Å². The molecule has 1 heterocycles. The molecule has 1 fully saturated rings. The fraction of sp³-hybridized carbons (Fsp3) is 0.591. The van der Waals surface area contributed by atoms with E-state index in [2.05, 4.69) is 5.32 Å². The third kappa shape index (κ3) is 6.53. The molecular weight excluding hydrogens is 386 g/mol. The molecule has 8 nitrogen and oxygen atoms in total. The van der Waals surface area contributed by atoms with Crippen molar-refractivity contribution in [3.8, 4) is 0 Å².